The van der Waals surface area contributed by atoms with E-state index in [1.165, 1.54) is 18.3 Å². The summed E-state index contributed by atoms with van der Waals surface area (Å²) in [4.78, 5) is 87.6. The van der Waals surface area contributed by atoms with Crippen molar-refractivity contribution in [3.05, 3.63) is 82.5 Å². The van der Waals surface area contributed by atoms with Crippen molar-refractivity contribution in [1.29, 1.82) is 0 Å². The van der Waals surface area contributed by atoms with Gasteiger partial charge in [0, 0.05) is 64.5 Å². The van der Waals surface area contributed by atoms with Crippen LogP contribution in [0.5, 0.6) is 5.75 Å². The molecule has 1 unspecified atom stereocenters. The number of carbonyl (C=O) groups is 5. The number of benzene rings is 1. The van der Waals surface area contributed by atoms with E-state index in [-0.39, 0.29) is 54.4 Å². The minimum absolute atomic E-state index is 0.0402. The van der Waals surface area contributed by atoms with E-state index in [2.05, 4.69) is 49.4 Å². The Kier molecular flexibility index (Phi) is 14.6. The minimum Gasteiger partial charge on any atom is -0.491 e. The first kappa shape index (κ1) is 49.9. The number of pyridine rings is 1. The summed E-state index contributed by atoms with van der Waals surface area (Å²) in [5.74, 6) is -1.16. The Morgan fingerprint density at radius 2 is 1.58 bits per heavy atom. The van der Waals surface area contributed by atoms with Crippen molar-refractivity contribution >= 4 is 63.6 Å². The number of ether oxygens (including phenoxy) is 2. The van der Waals surface area contributed by atoms with Crippen LogP contribution in [-0.4, -0.2) is 136 Å². The lowest BCUT2D eigenvalue weighted by molar-refractivity contribution is -0.189. The molecule has 8 N–H and O–H groups in total. The van der Waals surface area contributed by atoms with Crippen molar-refractivity contribution in [3.63, 3.8) is 0 Å². The number of morpholine rings is 1. The second-order valence-electron chi connectivity index (χ2n) is 18.4. The van der Waals surface area contributed by atoms with Crippen LogP contribution in [0.3, 0.4) is 0 Å². The molecule has 1 spiro atoms. The second kappa shape index (κ2) is 20.8. The molecule has 23 heteroatoms. The van der Waals surface area contributed by atoms with E-state index in [0.29, 0.717) is 122 Å². The van der Waals surface area contributed by atoms with Crippen LogP contribution >= 0.6 is 0 Å². The summed E-state index contributed by atoms with van der Waals surface area (Å²) in [5, 5.41) is 10.2. The van der Waals surface area contributed by atoms with Crippen LogP contribution in [0.4, 0.5) is 11.9 Å². The summed E-state index contributed by atoms with van der Waals surface area (Å²) in [6, 6.07) is 5.74. The predicted octanol–water partition coefficient (Wildman–Crippen LogP) is 3.18. The Morgan fingerprint density at radius 3 is 2.28 bits per heavy atom. The molecule has 376 valence electrons. The number of imidazole rings is 2. The SMILES string of the molecule is CCc1nc(C)oc1C(=O)Nc1nc2cc(C(N)=O)cc(OCCCN3CC4(C3)CN(C(=O)C(N)CC(C)C)CCO4)c2n1C/C=C/Cn1c(NC(=O)c2cc(C)nn2CC)nc2cc(C(N)=O)cnc21. The van der Waals surface area contributed by atoms with E-state index < -0.39 is 35.3 Å². The Balaban J connectivity index is 1.04. The molecule has 5 amide bonds. The summed E-state index contributed by atoms with van der Waals surface area (Å²) in [6.45, 7) is 15.7. The topological polar surface area (TPSA) is 305 Å². The molecule has 1 aromatic carbocycles. The van der Waals surface area contributed by atoms with Gasteiger partial charge in [-0.25, -0.2) is 19.9 Å². The molecule has 0 saturated carbocycles. The number of allylic oxidation sites excluding steroid dienone is 2. The highest BCUT2D eigenvalue weighted by Gasteiger charge is 2.48. The maximum Gasteiger partial charge on any atom is 0.295 e. The number of aromatic nitrogens is 8. The molecular weight excluding hydrogens is 915 g/mol. The van der Waals surface area contributed by atoms with Gasteiger partial charge in [0.1, 0.15) is 28.1 Å². The van der Waals surface area contributed by atoms with Crippen molar-refractivity contribution < 1.29 is 37.9 Å². The highest BCUT2D eigenvalue weighted by molar-refractivity contribution is 6.05. The fraction of sp³-hybridized carbons (Fsp3) is 0.458. The van der Waals surface area contributed by atoms with E-state index in [4.69, 9.17) is 36.1 Å². The van der Waals surface area contributed by atoms with Crippen molar-refractivity contribution in [2.75, 3.05) is 56.6 Å². The number of nitrogens with zero attached hydrogens (tertiary/aromatic N) is 10. The molecule has 2 saturated heterocycles. The largest absolute Gasteiger partial charge is 0.491 e. The van der Waals surface area contributed by atoms with E-state index >= 15 is 0 Å². The standard InChI is InChI=1S/C48H61N15O8/c1-7-33-39(71-29(6)53-33)44(67)57-46-54-34-20-30(40(50)64)22-37(69-16-11-12-59-24-48(25-59)26-60(15-17-70-48)45(68)32(49)18-27(3)4)38(34)61(46)13-9-10-14-62-42-35(21-31(23-52-42)41(51)65)55-47(62)56-43(66)36-19-28(5)58-63(36)8-2/h9-10,19-23,27,32H,7-8,11-18,24-26,49H2,1-6H3,(H2,50,64)(H2,51,65)(H,54,57,67)(H,55,56,66)/b10-9+. The first-order valence-corrected chi connectivity index (χ1v) is 23.8. The fourth-order valence-electron chi connectivity index (χ4n) is 9.17. The third kappa shape index (κ3) is 10.8. The van der Waals surface area contributed by atoms with Gasteiger partial charge >= 0.3 is 0 Å². The van der Waals surface area contributed by atoms with Crippen LogP contribution < -0.4 is 32.6 Å². The summed E-state index contributed by atoms with van der Waals surface area (Å²) < 4.78 is 23.4. The molecule has 8 rings (SSSR count). The number of nitrogens with two attached hydrogens (primary N) is 3. The lowest BCUT2D eigenvalue weighted by atomic mass is 9.91. The van der Waals surface area contributed by atoms with Gasteiger partial charge in [-0.2, -0.15) is 5.10 Å². The normalized spacial score (nSPS) is 15.2. The van der Waals surface area contributed by atoms with E-state index in [9.17, 15) is 24.0 Å². The van der Waals surface area contributed by atoms with Gasteiger partial charge in [0.2, 0.25) is 35.4 Å². The van der Waals surface area contributed by atoms with Crippen molar-refractivity contribution in [1.82, 2.24) is 48.7 Å². The molecule has 1 atom stereocenters. The number of anilines is 2. The molecule has 23 nitrogen and oxygen atoms in total. The van der Waals surface area contributed by atoms with Gasteiger partial charge < -0.3 is 40.6 Å². The minimum atomic E-state index is -0.696. The van der Waals surface area contributed by atoms with Crippen LogP contribution in [0.2, 0.25) is 0 Å². The molecule has 0 radical (unpaired) electrons. The number of aryl methyl sites for hydroxylation is 4. The average molecular weight is 976 g/mol. The number of carbonyl (C=O) groups excluding carboxylic acids is 5. The monoisotopic (exact) mass is 975 g/mol. The second-order valence-corrected chi connectivity index (χ2v) is 18.4. The molecule has 2 fully saturated rings. The van der Waals surface area contributed by atoms with Crippen LogP contribution in [0.15, 0.2) is 47.0 Å². The number of hydrogen-bond donors (Lipinski definition) is 5. The number of nitrogens with one attached hydrogen (secondary N) is 2. The Morgan fingerprint density at radius 1 is 0.887 bits per heavy atom. The Bertz CT molecular complexity index is 3030. The van der Waals surface area contributed by atoms with Crippen molar-refractivity contribution in [2.45, 2.75) is 92.1 Å². The maximum absolute atomic E-state index is 13.8. The zero-order chi connectivity index (χ0) is 50.7. The number of primary amides is 2. The number of amides is 5. The quantitative estimate of drug-likeness (QED) is 0.0542. The van der Waals surface area contributed by atoms with Gasteiger partial charge in [0.15, 0.2) is 11.5 Å². The fourth-order valence-corrected chi connectivity index (χ4v) is 9.17. The molecule has 71 heavy (non-hydrogen) atoms. The third-order valence-electron chi connectivity index (χ3n) is 12.4. The zero-order valence-electron chi connectivity index (χ0n) is 40.9. The summed E-state index contributed by atoms with van der Waals surface area (Å²) in [7, 11) is 0. The van der Waals surface area contributed by atoms with Gasteiger partial charge in [0.05, 0.1) is 48.3 Å². The van der Waals surface area contributed by atoms with Gasteiger partial charge in [0.25, 0.3) is 11.8 Å². The first-order valence-electron chi connectivity index (χ1n) is 23.8. The van der Waals surface area contributed by atoms with Crippen LogP contribution in [0.1, 0.15) is 99.6 Å². The average Bonchev–Trinajstić information content (AvgIpc) is 4.09. The molecule has 6 aromatic rings. The molecule has 2 aliphatic rings. The highest BCUT2D eigenvalue weighted by Crippen LogP contribution is 2.33. The van der Waals surface area contributed by atoms with Crippen LogP contribution in [-0.2, 0) is 35.6 Å². The number of oxazole rings is 1. The zero-order valence-corrected chi connectivity index (χ0v) is 40.9. The Labute approximate surface area is 409 Å². The van der Waals surface area contributed by atoms with Gasteiger partial charge in [-0.15, -0.1) is 0 Å². The van der Waals surface area contributed by atoms with Gasteiger partial charge in [-0.3, -0.25) is 48.8 Å². The number of fused-ring (bicyclic) bond motifs is 2. The summed E-state index contributed by atoms with van der Waals surface area (Å²) >= 11 is 0. The Hall–Kier alpha value is -7.50. The number of rotatable bonds is 20. The van der Waals surface area contributed by atoms with E-state index in [1.807, 2.05) is 30.9 Å². The van der Waals surface area contributed by atoms with Crippen molar-refractivity contribution in [2.24, 2.45) is 23.1 Å². The maximum atomic E-state index is 13.8. The van der Waals surface area contributed by atoms with Gasteiger partial charge in [-0.05, 0) is 63.3 Å². The van der Waals surface area contributed by atoms with E-state index in [1.54, 1.807) is 39.8 Å². The van der Waals surface area contributed by atoms with Crippen molar-refractivity contribution in [3.8, 4) is 5.75 Å². The molecular formula is C48H61N15O8. The lowest BCUT2D eigenvalue weighted by Gasteiger charge is -2.54. The summed E-state index contributed by atoms with van der Waals surface area (Å²) in [6.07, 6.45) is 6.66. The molecule has 7 heterocycles. The smallest absolute Gasteiger partial charge is 0.295 e. The first-order chi connectivity index (χ1) is 34.0. The molecule has 5 aromatic heterocycles. The molecule has 0 bridgehead atoms. The highest BCUT2D eigenvalue weighted by atomic mass is 16.5. The van der Waals surface area contributed by atoms with E-state index in [0.717, 1.165) is 0 Å². The summed E-state index contributed by atoms with van der Waals surface area (Å²) in [5.41, 5.74) is 20.5. The third-order valence-corrected chi connectivity index (χ3v) is 12.4. The van der Waals surface area contributed by atoms with Crippen LogP contribution in [0.25, 0.3) is 22.2 Å². The lowest BCUT2D eigenvalue weighted by Crippen LogP contribution is -2.71. The number of likely N-dealkylation sites (tertiary alicyclic amines) is 1. The molecule has 2 aliphatic heterocycles. The van der Waals surface area contributed by atoms with Crippen LogP contribution in [0, 0.1) is 19.8 Å². The number of hydrogen-bond acceptors (Lipinski definition) is 15. The van der Waals surface area contributed by atoms with Gasteiger partial charge in [-0.1, -0.05) is 32.9 Å². The molecule has 0 aliphatic carbocycles. The predicted molar refractivity (Wildman–Crippen MR) is 262 cm³/mol.